The van der Waals surface area contributed by atoms with Crippen LogP contribution >= 0.6 is 11.6 Å². The average molecular weight is 452 g/mol. The van der Waals surface area contributed by atoms with Crippen molar-refractivity contribution in [2.75, 3.05) is 26.2 Å². The number of hydrogen-bond donors (Lipinski definition) is 1. The molecule has 0 saturated carbocycles. The molecule has 3 rings (SSSR count). The summed E-state index contributed by atoms with van der Waals surface area (Å²) < 4.78 is 32.3. The molecule has 1 aromatic heterocycles. The molecule has 0 bridgehead atoms. The van der Waals surface area contributed by atoms with Gasteiger partial charge in [0, 0.05) is 43.0 Å². The standard InChI is InChI=1S/C21H26ClN3O4S/c22-18-5-7-19(8-6-18)29-15-2-1-12-24-21(26)17-9-13-25(14-10-17)30(27,28)20-4-3-11-23-16-20/h3-8,11,16-17H,1-2,9-10,12-15H2,(H,24,26). The summed E-state index contributed by atoms with van der Waals surface area (Å²) in [6, 6.07) is 10.4. The second kappa shape index (κ2) is 10.7. The number of sulfonamides is 1. The second-order valence-electron chi connectivity index (χ2n) is 7.17. The number of pyridine rings is 1. The molecule has 1 saturated heterocycles. The number of carbonyl (C=O) groups excluding carboxylic acids is 1. The zero-order chi connectivity index (χ0) is 21.4. The van der Waals surface area contributed by atoms with Gasteiger partial charge in [0.15, 0.2) is 0 Å². The van der Waals surface area contributed by atoms with Gasteiger partial charge >= 0.3 is 0 Å². The van der Waals surface area contributed by atoms with Crippen LogP contribution in [0.5, 0.6) is 5.75 Å². The molecular weight excluding hydrogens is 426 g/mol. The number of ether oxygens (including phenoxy) is 1. The number of benzene rings is 1. The highest BCUT2D eigenvalue weighted by Crippen LogP contribution is 2.23. The predicted molar refractivity (Wildman–Crippen MR) is 115 cm³/mol. The number of nitrogens with one attached hydrogen (secondary N) is 1. The summed E-state index contributed by atoms with van der Waals surface area (Å²) in [5, 5.41) is 3.63. The lowest BCUT2D eigenvalue weighted by atomic mass is 9.97. The monoisotopic (exact) mass is 451 g/mol. The molecule has 7 nitrogen and oxygen atoms in total. The Balaban J connectivity index is 1.33. The van der Waals surface area contributed by atoms with Crippen LogP contribution in [-0.4, -0.2) is 49.9 Å². The number of aromatic nitrogens is 1. The quantitative estimate of drug-likeness (QED) is 0.592. The summed E-state index contributed by atoms with van der Waals surface area (Å²) >= 11 is 5.84. The maximum Gasteiger partial charge on any atom is 0.244 e. The summed E-state index contributed by atoms with van der Waals surface area (Å²) in [6.07, 6.45) is 5.57. The third-order valence-corrected chi connectivity index (χ3v) is 7.18. The van der Waals surface area contributed by atoms with Crippen LogP contribution < -0.4 is 10.1 Å². The first-order chi connectivity index (χ1) is 14.5. The fraction of sp³-hybridized carbons (Fsp3) is 0.429. The Morgan fingerprint density at radius 1 is 1.17 bits per heavy atom. The Kier molecular flexibility index (Phi) is 8.07. The molecule has 2 aromatic rings. The van der Waals surface area contributed by atoms with Crippen LogP contribution in [0.3, 0.4) is 0 Å². The summed E-state index contributed by atoms with van der Waals surface area (Å²) in [4.78, 5) is 16.4. The van der Waals surface area contributed by atoms with Gasteiger partial charge in [-0.25, -0.2) is 8.42 Å². The normalized spacial score (nSPS) is 15.6. The average Bonchev–Trinajstić information content (AvgIpc) is 2.78. The molecule has 0 aliphatic carbocycles. The Morgan fingerprint density at radius 2 is 1.90 bits per heavy atom. The molecular formula is C21H26ClN3O4S. The van der Waals surface area contributed by atoms with Gasteiger partial charge in [-0.3, -0.25) is 9.78 Å². The lowest BCUT2D eigenvalue weighted by Crippen LogP contribution is -2.43. The van der Waals surface area contributed by atoms with Gasteiger partial charge in [0.1, 0.15) is 10.6 Å². The second-order valence-corrected chi connectivity index (χ2v) is 9.54. The van der Waals surface area contributed by atoms with E-state index in [1.54, 1.807) is 24.4 Å². The first-order valence-electron chi connectivity index (χ1n) is 10.0. The van der Waals surface area contributed by atoms with E-state index in [1.807, 2.05) is 12.1 Å². The van der Waals surface area contributed by atoms with Crippen molar-refractivity contribution >= 4 is 27.5 Å². The van der Waals surface area contributed by atoms with E-state index in [0.717, 1.165) is 18.6 Å². The molecule has 1 amide bonds. The van der Waals surface area contributed by atoms with Crippen LogP contribution in [0.4, 0.5) is 0 Å². The lowest BCUT2D eigenvalue weighted by Gasteiger charge is -2.30. The first-order valence-corrected chi connectivity index (χ1v) is 11.8. The number of hydrogen-bond acceptors (Lipinski definition) is 5. The van der Waals surface area contributed by atoms with E-state index in [2.05, 4.69) is 10.3 Å². The van der Waals surface area contributed by atoms with Crippen molar-refractivity contribution in [2.45, 2.75) is 30.6 Å². The molecule has 1 fully saturated rings. The first kappa shape index (κ1) is 22.5. The van der Waals surface area contributed by atoms with Crippen LogP contribution in [0.1, 0.15) is 25.7 Å². The zero-order valence-electron chi connectivity index (χ0n) is 16.7. The van der Waals surface area contributed by atoms with Crippen LogP contribution in [0.2, 0.25) is 5.02 Å². The fourth-order valence-corrected chi connectivity index (χ4v) is 4.87. The molecule has 0 unspecified atom stereocenters. The van der Waals surface area contributed by atoms with Crippen molar-refractivity contribution in [3.05, 3.63) is 53.8 Å². The minimum atomic E-state index is -3.55. The van der Waals surface area contributed by atoms with E-state index in [4.69, 9.17) is 16.3 Å². The highest BCUT2D eigenvalue weighted by Gasteiger charge is 2.32. The van der Waals surface area contributed by atoms with E-state index in [-0.39, 0.29) is 16.7 Å². The highest BCUT2D eigenvalue weighted by molar-refractivity contribution is 7.89. The Bertz CT molecular complexity index is 915. The largest absolute Gasteiger partial charge is 0.494 e. The third-order valence-electron chi connectivity index (χ3n) is 5.05. The molecule has 1 N–H and O–H groups in total. The molecule has 30 heavy (non-hydrogen) atoms. The van der Waals surface area contributed by atoms with Gasteiger partial charge in [0.25, 0.3) is 0 Å². The van der Waals surface area contributed by atoms with Crippen molar-refractivity contribution in [3.63, 3.8) is 0 Å². The van der Waals surface area contributed by atoms with Gasteiger partial charge in [-0.1, -0.05) is 11.6 Å². The molecule has 9 heteroatoms. The van der Waals surface area contributed by atoms with Crippen molar-refractivity contribution < 1.29 is 17.9 Å². The lowest BCUT2D eigenvalue weighted by molar-refractivity contribution is -0.126. The number of halogens is 1. The van der Waals surface area contributed by atoms with Gasteiger partial charge in [0.2, 0.25) is 15.9 Å². The SMILES string of the molecule is O=C(NCCCCOc1ccc(Cl)cc1)C1CCN(S(=O)(=O)c2cccnc2)CC1. The topological polar surface area (TPSA) is 88.6 Å². The number of piperidine rings is 1. The number of unbranched alkanes of at least 4 members (excludes halogenated alkanes) is 1. The summed E-state index contributed by atoms with van der Waals surface area (Å²) in [7, 11) is -3.55. The smallest absolute Gasteiger partial charge is 0.244 e. The van der Waals surface area contributed by atoms with E-state index in [1.165, 1.54) is 16.6 Å². The van der Waals surface area contributed by atoms with E-state index in [0.29, 0.717) is 44.1 Å². The summed E-state index contributed by atoms with van der Waals surface area (Å²) in [6.45, 7) is 1.83. The van der Waals surface area contributed by atoms with Crippen LogP contribution in [0.25, 0.3) is 0 Å². The van der Waals surface area contributed by atoms with Crippen molar-refractivity contribution in [1.82, 2.24) is 14.6 Å². The van der Waals surface area contributed by atoms with Gasteiger partial charge < -0.3 is 10.1 Å². The predicted octanol–water partition coefficient (Wildman–Crippen LogP) is 3.11. The Hall–Kier alpha value is -2.16. The molecule has 1 aliphatic rings. The van der Waals surface area contributed by atoms with Crippen LogP contribution in [0.15, 0.2) is 53.7 Å². The van der Waals surface area contributed by atoms with Gasteiger partial charge in [0.05, 0.1) is 6.61 Å². The van der Waals surface area contributed by atoms with Crippen molar-refractivity contribution in [2.24, 2.45) is 5.92 Å². The highest BCUT2D eigenvalue weighted by atomic mass is 35.5. The summed E-state index contributed by atoms with van der Waals surface area (Å²) in [5.74, 6) is 0.610. The van der Waals surface area contributed by atoms with Crippen LogP contribution in [-0.2, 0) is 14.8 Å². The van der Waals surface area contributed by atoms with Crippen LogP contribution in [0, 0.1) is 5.92 Å². The maximum atomic E-state index is 12.6. The number of amides is 1. The molecule has 1 aromatic carbocycles. The number of nitrogens with zero attached hydrogens (tertiary/aromatic N) is 2. The molecule has 162 valence electrons. The molecule has 0 radical (unpaired) electrons. The minimum absolute atomic E-state index is 0.00737. The fourth-order valence-electron chi connectivity index (χ4n) is 3.31. The summed E-state index contributed by atoms with van der Waals surface area (Å²) in [5.41, 5.74) is 0. The molecule has 0 spiro atoms. The van der Waals surface area contributed by atoms with E-state index in [9.17, 15) is 13.2 Å². The van der Waals surface area contributed by atoms with Gasteiger partial charge in [-0.05, 0) is 62.1 Å². The van der Waals surface area contributed by atoms with Crippen molar-refractivity contribution in [1.29, 1.82) is 0 Å². The molecule has 1 aliphatic heterocycles. The van der Waals surface area contributed by atoms with E-state index < -0.39 is 10.0 Å². The zero-order valence-corrected chi connectivity index (χ0v) is 18.2. The molecule has 0 atom stereocenters. The van der Waals surface area contributed by atoms with E-state index >= 15 is 0 Å². The molecule has 2 heterocycles. The maximum absolute atomic E-state index is 12.6. The number of carbonyl (C=O) groups is 1. The Morgan fingerprint density at radius 3 is 2.57 bits per heavy atom. The van der Waals surface area contributed by atoms with Gasteiger partial charge in [-0.2, -0.15) is 4.31 Å². The Labute approximate surface area is 182 Å². The number of rotatable bonds is 9. The van der Waals surface area contributed by atoms with Gasteiger partial charge in [-0.15, -0.1) is 0 Å². The minimum Gasteiger partial charge on any atom is -0.494 e. The van der Waals surface area contributed by atoms with Crippen molar-refractivity contribution in [3.8, 4) is 5.75 Å². The third kappa shape index (κ3) is 6.17.